The van der Waals surface area contributed by atoms with Crippen molar-refractivity contribution in [2.45, 2.75) is 38.0 Å². The van der Waals surface area contributed by atoms with Gasteiger partial charge in [-0.15, -0.1) is 0 Å². The first-order valence-electron chi connectivity index (χ1n) is 11.5. The summed E-state index contributed by atoms with van der Waals surface area (Å²) in [6.07, 6.45) is 1.41. The molecule has 2 heterocycles. The SMILES string of the molecule is COc1ccc(OC(Cc2ccc3c(c2)OCCO3)C(=O)N[C@@H](O)CCN2CCCC2)cc1. The minimum Gasteiger partial charge on any atom is -0.497 e. The van der Waals surface area contributed by atoms with Crippen LogP contribution in [0.5, 0.6) is 23.0 Å². The normalized spacial score (nSPS) is 17.3. The lowest BCUT2D eigenvalue weighted by atomic mass is 10.1. The number of fused-ring (bicyclic) bond motifs is 1. The van der Waals surface area contributed by atoms with Crippen molar-refractivity contribution in [3.8, 4) is 23.0 Å². The number of rotatable bonds is 10. The summed E-state index contributed by atoms with van der Waals surface area (Å²) >= 11 is 0. The second-order valence-electron chi connectivity index (χ2n) is 8.33. The number of carbonyl (C=O) groups excluding carboxylic acids is 1. The average molecular weight is 457 g/mol. The zero-order valence-corrected chi connectivity index (χ0v) is 19.0. The van der Waals surface area contributed by atoms with Crippen LogP contribution in [0.3, 0.4) is 0 Å². The van der Waals surface area contributed by atoms with Gasteiger partial charge in [-0.25, -0.2) is 0 Å². The Kier molecular flexibility index (Phi) is 7.91. The van der Waals surface area contributed by atoms with Crippen molar-refractivity contribution in [2.24, 2.45) is 0 Å². The lowest BCUT2D eigenvalue weighted by molar-refractivity contribution is -0.131. The van der Waals surface area contributed by atoms with Gasteiger partial charge in [0.2, 0.25) is 0 Å². The Bertz CT molecular complexity index is 914. The van der Waals surface area contributed by atoms with Crippen molar-refractivity contribution >= 4 is 5.91 Å². The molecule has 0 saturated carbocycles. The largest absolute Gasteiger partial charge is 0.497 e. The molecule has 8 heteroatoms. The van der Waals surface area contributed by atoms with Crippen LogP contribution < -0.4 is 24.3 Å². The highest BCUT2D eigenvalue weighted by atomic mass is 16.6. The second kappa shape index (κ2) is 11.2. The molecule has 2 aromatic rings. The summed E-state index contributed by atoms with van der Waals surface area (Å²) < 4.78 is 22.5. The number of aliphatic hydroxyl groups is 1. The second-order valence-corrected chi connectivity index (χ2v) is 8.33. The van der Waals surface area contributed by atoms with Crippen LogP contribution in [0.15, 0.2) is 42.5 Å². The van der Waals surface area contributed by atoms with Gasteiger partial charge in [0.25, 0.3) is 5.91 Å². The Labute approximate surface area is 194 Å². The number of benzene rings is 2. The highest BCUT2D eigenvalue weighted by molar-refractivity contribution is 5.81. The highest BCUT2D eigenvalue weighted by Crippen LogP contribution is 2.31. The summed E-state index contributed by atoms with van der Waals surface area (Å²) in [5.41, 5.74) is 0.875. The topological polar surface area (TPSA) is 89.5 Å². The lowest BCUT2D eigenvalue weighted by Crippen LogP contribution is -2.45. The van der Waals surface area contributed by atoms with Crippen molar-refractivity contribution in [2.75, 3.05) is 40.0 Å². The van der Waals surface area contributed by atoms with Crippen LogP contribution >= 0.6 is 0 Å². The predicted molar refractivity (Wildman–Crippen MR) is 123 cm³/mol. The van der Waals surface area contributed by atoms with Gasteiger partial charge in [-0.2, -0.15) is 0 Å². The number of nitrogens with one attached hydrogen (secondary N) is 1. The van der Waals surface area contributed by atoms with Crippen LogP contribution in [0.1, 0.15) is 24.8 Å². The fourth-order valence-electron chi connectivity index (χ4n) is 4.08. The molecule has 2 aliphatic rings. The molecule has 1 amide bonds. The standard InChI is InChI=1S/C25H32N2O6/c1-30-19-5-7-20(8-6-19)33-23(17-18-4-9-21-22(16-18)32-15-14-31-21)25(29)26-24(28)10-13-27-11-2-3-12-27/h4-9,16,23-24,28H,2-3,10-15,17H2,1H3,(H,26,29)/t23?,24-/m0/s1. The molecule has 4 rings (SSSR count). The quantitative estimate of drug-likeness (QED) is 0.531. The molecule has 0 spiro atoms. The van der Waals surface area contributed by atoms with Crippen LogP contribution in [-0.4, -0.2) is 68.2 Å². The minimum atomic E-state index is -0.930. The maximum Gasteiger partial charge on any atom is 0.263 e. The molecule has 0 radical (unpaired) electrons. The third-order valence-electron chi connectivity index (χ3n) is 5.88. The fourth-order valence-corrected chi connectivity index (χ4v) is 4.08. The van der Waals surface area contributed by atoms with Crippen molar-refractivity contribution in [1.82, 2.24) is 10.2 Å². The van der Waals surface area contributed by atoms with E-state index in [0.29, 0.717) is 49.1 Å². The summed E-state index contributed by atoms with van der Waals surface area (Å²) in [5, 5.41) is 13.1. The number of methoxy groups -OCH3 is 1. The van der Waals surface area contributed by atoms with Gasteiger partial charge in [0.1, 0.15) is 30.9 Å². The summed E-state index contributed by atoms with van der Waals surface area (Å²) in [7, 11) is 1.59. The number of carbonyl (C=O) groups is 1. The summed E-state index contributed by atoms with van der Waals surface area (Å²) in [6.45, 7) is 3.87. The molecule has 33 heavy (non-hydrogen) atoms. The molecule has 1 saturated heterocycles. The molecule has 178 valence electrons. The van der Waals surface area contributed by atoms with E-state index >= 15 is 0 Å². The molecule has 8 nitrogen and oxygen atoms in total. The number of ether oxygens (including phenoxy) is 4. The maximum atomic E-state index is 13.1. The first-order chi connectivity index (χ1) is 16.1. The molecule has 2 N–H and O–H groups in total. The van der Waals surface area contributed by atoms with E-state index < -0.39 is 12.3 Å². The fraction of sp³-hybridized carbons (Fsp3) is 0.480. The number of nitrogens with zero attached hydrogens (tertiary/aromatic N) is 1. The Hall–Kier alpha value is -2.97. The molecule has 0 aliphatic carbocycles. The van der Waals surface area contributed by atoms with Crippen LogP contribution in [0.4, 0.5) is 0 Å². The van der Waals surface area contributed by atoms with E-state index in [9.17, 15) is 9.90 Å². The average Bonchev–Trinajstić information content (AvgIpc) is 3.36. The lowest BCUT2D eigenvalue weighted by Gasteiger charge is -2.23. The Morgan fingerprint density at radius 2 is 1.76 bits per heavy atom. The van der Waals surface area contributed by atoms with Gasteiger partial charge in [0.05, 0.1) is 7.11 Å². The zero-order valence-electron chi connectivity index (χ0n) is 19.0. The Morgan fingerprint density at radius 3 is 2.48 bits per heavy atom. The van der Waals surface area contributed by atoms with Crippen LogP contribution in [0.25, 0.3) is 0 Å². The highest BCUT2D eigenvalue weighted by Gasteiger charge is 2.25. The molecule has 0 aromatic heterocycles. The zero-order chi connectivity index (χ0) is 23.0. The van der Waals surface area contributed by atoms with E-state index in [2.05, 4.69) is 10.2 Å². The van der Waals surface area contributed by atoms with Gasteiger partial charge in [0, 0.05) is 19.4 Å². The Balaban J connectivity index is 1.43. The minimum absolute atomic E-state index is 0.313. The molecule has 1 fully saturated rings. The predicted octanol–water partition coefficient (Wildman–Crippen LogP) is 2.38. The number of hydrogen-bond acceptors (Lipinski definition) is 7. The Morgan fingerprint density at radius 1 is 1.06 bits per heavy atom. The number of amides is 1. The van der Waals surface area contributed by atoms with Gasteiger partial charge in [-0.05, 0) is 67.9 Å². The molecule has 2 aromatic carbocycles. The van der Waals surface area contributed by atoms with Crippen molar-refractivity contribution in [3.05, 3.63) is 48.0 Å². The van der Waals surface area contributed by atoms with Gasteiger partial charge in [0.15, 0.2) is 17.6 Å². The summed E-state index contributed by atoms with van der Waals surface area (Å²) in [4.78, 5) is 15.4. The van der Waals surface area contributed by atoms with Crippen molar-refractivity contribution in [3.63, 3.8) is 0 Å². The third kappa shape index (κ3) is 6.52. The van der Waals surface area contributed by atoms with Crippen LogP contribution in [-0.2, 0) is 11.2 Å². The first kappa shape index (κ1) is 23.2. The maximum absolute atomic E-state index is 13.1. The molecular weight excluding hydrogens is 424 g/mol. The van der Waals surface area contributed by atoms with Crippen LogP contribution in [0.2, 0.25) is 0 Å². The third-order valence-corrected chi connectivity index (χ3v) is 5.88. The van der Waals surface area contributed by atoms with Gasteiger partial charge in [-0.3, -0.25) is 4.79 Å². The first-order valence-corrected chi connectivity index (χ1v) is 11.5. The number of hydrogen-bond donors (Lipinski definition) is 2. The smallest absolute Gasteiger partial charge is 0.263 e. The van der Waals surface area contributed by atoms with Gasteiger partial charge in [-0.1, -0.05) is 6.07 Å². The number of aliphatic hydroxyl groups excluding tert-OH is 1. The van der Waals surface area contributed by atoms with E-state index in [0.717, 1.165) is 25.2 Å². The molecule has 0 bridgehead atoms. The van der Waals surface area contributed by atoms with Gasteiger partial charge >= 0.3 is 0 Å². The molecule has 2 aliphatic heterocycles. The van der Waals surface area contributed by atoms with E-state index in [1.807, 2.05) is 18.2 Å². The number of likely N-dealkylation sites (tertiary alicyclic amines) is 1. The van der Waals surface area contributed by atoms with E-state index in [4.69, 9.17) is 18.9 Å². The molecule has 1 unspecified atom stereocenters. The van der Waals surface area contributed by atoms with E-state index in [1.54, 1.807) is 31.4 Å². The molecule has 2 atom stereocenters. The van der Waals surface area contributed by atoms with E-state index in [-0.39, 0.29) is 5.91 Å². The van der Waals surface area contributed by atoms with Crippen molar-refractivity contribution in [1.29, 1.82) is 0 Å². The van der Waals surface area contributed by atoms with Crippen LogP contribution in [0, 0.1) is 0 Å². The molecular formula is C25H32N2O6. The van der Waals surface area contributed by atoms with E-state index in [1.165, 1.54) is 12.8 Å². The van der Waals surface area contributed by atoms with Gasteiger partial charge < -0.3 is 34.3 Å². The summed E-state index contributed by atoms with van der Waals surface area (Å²) in [6, 6.07) is 12.7. The monoisotopic (exact) mass is 456 g/mol. The van der Waals surface area contributed by atoms with Crippen molar-refractivity contribution < 1.29 is 28.8 Å². The summed E-state index contributed by atoms with van der Waals surface area (Å²) in [5.74, 6) is 2.23.